The van der Waals surface area contributed by atoms with Gasteiger partial charge >= 0.3 is 0 Å². The van der Waals surface area contributed by atoms with Crippen LogP contribution in [0.5, 0.6) is 5.75 Å². The van der Waals surface area contributed by atoms with Gasteiger partial charge in [0.25, 0.3) is 0 Å². The zero-order valence-corrected chi connectivity index (χ0v) is 12.2. The molecule has 0 radical (unpaired) electrons. The summed E-state index contributed by atoms with van der Waals surface area (Å²) in [6.45, 7) is 5.24. The van der Waals surface area contributed by atoms with Crippen molar-refractivity contribution in [3.05, 3.63) is 24.3 Å². The fraction of sp³-hybridized carbons (Fsp3) is 0.500. The van der Waals surface area contributed by atoms with E-state index in [9.17, 15) is 0 Å². The zero-order valence-electron chi connectivity index (χ0n) is 9.68. The summed E-state index contributed by atoms with van der Waals surface area (Å²) in [5.41, 5.74) is -0.821. The van der Waals surface area contributed by atoms with Gasteiger partial charge in [0.2, 0.25) is 0 Å². The molecule has 0 amide bonds. The Morgan fingerprint density at radius 1 is 1.19 bits per heavy atom. The summed E-state index contributed by atoms with van der Waals surface area (Å²) in [6, 6.07) is 7.87. The van der Waals surface area contributed by atoms with Gasteiger partial charge < -0.3 is 4.74 Å². The monoisotopic (exact) mass is 272 g/mol. The van der Waals surface area contributed by atoms with Gasteiger partial charge in [-0.3, -0.25) is 0 Å². The Morgan fingerprint density at radius 2 is 1.81 bits per heavy atom. The molecule has 0 heterocycles. The number of benzene rings is 1. The summed E-state index contributed by atoms with van der Waals surface area (Å²) < 4.78 is 5.63. The molecule has 1 rings (SSSR count). The van der Waals surface area contributed by atoms with E-state index < -0.39 is 5.47 Å². The summed E-state index contributed by atoms with van der Waals surface area (Å²) in [6.07, 6.45) is 2.32. The van der Waals surface area contributed by atoms with Gasteiger partial charge in [-0.25, -0.2) is 0 Å². The molecule has 0 saturated carbocycles. The summed E-state index contributed by atoms with van der Waals surface area (Å²) >= 11 is 10.1. The molecule has 16 heavy (non-hydrogen) atoms. The zero-order chi connectivity index (χ0) is 12.0. The third kappa shape index (κ3) is 5.20. The van der Waals surface area contributed by atoms with E-state index in [0.717, 1.165) is 30.0 Å². The van der Waals surface area contributed by atoms with Crippen LogP contribution in [0.1, 0.15) is 26.7 Å². The van der Waals surface area contributed by atoms with Crippen molar-refractivity contribution in [1.29, 1.82) is 0 Å². The van der Waals surface area contributed by atoms with Gasteiger partial charge in [-0.05, 0) is 66.6 Å². The van der Waals surface area contributed by atoms with Gasteiger partial charge in [-0.1, -0.05) is 13.8 Å². The Labute approximate surface area is 108 Å². The van der Waals surface area contributed by atoms with Gasteiger partial charge in [0.05, 0.1) is 6.61 Å². The Hall–Kier alpha value is -0.240. The minimum atomic E-state index is -0.821. The Morgan fingerprint density at radius 3 is 2.31 bits per heavy atom. The fourth-order valence-corrected chi connectivity index (χ4v) is 2.47. The molecule has 0 unspecified atom stereocenters. The first-order valence-corrected chi connectivity index (χ1v) is 8.83. The first-order chi connectivity index (χ1) is 7.59. The van der Waals surface area contributed by atoms with E-state index in [1.165, 1.54) is 6.42 Å². The molecule has 0 bridgehead atoms. The van der Waals surface area contributed by atoms with Crippen molar-refractivity contribution in [3.63, 3.8) is 0 Å². The fourth-order valence-electron chi connectivity index (χ4n) is 1.35. The highest BCUT2D eigenvalue weighted by Crippen LogP contribution is 2.13. The van der Waals surface area contributed by atoms with Crippen LogP contribution in [0.3, 0.4) is 0 Å². The molecule has 88 valence electrons. The Balaban J connectivity index is 2.38. The van der Waals surface area contributed by atoms with Crippen molar-refractivity contribution in [3.8, 4) is 5.75 Å². The SMILES string of the molecule is CC(C)CCCOc1ccc(P(=S)=S)cc1. The van der Waals surface area contributed by atoms with E-state index in [2.05, 4.69) is 13.8 Å². The summed E-state index contributed by atoms with van der Waals surface area (Å²) in [4.78, 5) is 0. The standard InChI is InChI=1S/C12H17OPS2/c1-10(2)4-3-9-13-11-5-7-12(8-6-11)14(15)16/h5-8,10H,3-4,9H2,1-2H3. The maximum Gasteiger partial charge on any atom is 0.119 e. The van der Waals surface area contributed by atoms with Crippen molar-refractivity contribution in [2.45, 2.75) is 26.7 Å². The maximum absolute atomic E-state index is 5.63. The van der Waals surface area contributed by atoms with E-state index >= 15 is 0 Å². The second kappa shape index (κ2) is 7.16. The van der Waals surface area contributed by atoms with E-state index in [1.807, 2.05) is 24.3 Å². The molecule has 1 aromatic rings. The molecule has 0 atom stereocenters. The molecule has 0 aromatic heterocycles. The minimum absolute atomic E-state index is 0.745. The van der Waals surface area contributed by atoms with Crippen LogP contribution < -0.4 is 10.0 Å². The van der Waals surface area contributed by atoms with Gasteiger partial charge in [0.15, 0.2) is 0 Å². The predicted molar refractivity (Wildman–Crippen MR) is 77.3 cm³/mol. The molecule has 0 spiro atoms. The van der Waals surface area contributed by atoms with Crippen molar-refractivity contribution < 1.29 is 4.74 Å². The normalized spacial score (nSPS) is 10.4. The molecular formula is C12H17OPS2. The highest BCUT2D eigenvalue weighted by atomic mass is 32.7. The van der Waals surface area contributed by atoms with Crippen LogP contribution in [-0.4, -0.2) is 6.61 Å². The highest BCUT2D eigenvalue weighted by Gasteiger charge is 1.97. The second-order valence-electron chi connectivity index (χ2n) is 4.14. The lowest BCUT2D eigenvalue weighted by molar-refractivity contribution is 0.298. The Kier molecular flexibility index (Phi) is 6.18. The Bertz CT molecular complexity index is 375. The van der Waals surface area contributed by atoms with E-state index in [4.69, 9.17) is 28.4 Å². The quantitative estimate of drug-likeness (QED) is 0.579. The van der Waals surface area contributed by atoms with Gasteiger partial charge in [-0.15, -0.1) is 0 Å². The lowest BCUT2D eigenvalue weighted by Crippen LogP contribution is -2.00. The lowest BCUT2D eigenvalue weighted by atomic mass is 10.1. The van der Waals surface area contributed by atoms with Crippen molar-refractivity contribution in [2.75, 3.05) is 6.61 Å². The van der Waals surface area contributed by atoms with Crippen LogP contribution in [0.2, 0.25) is 0 Å². The first-order valence-electron chi connectivity index (χ1n) is 5.47. The van der Waals surface area contributed by atoms with Crippen molar-refractivity contribution in [1.82, 2.24) is 0 Å². The molecule has 0 N–H and O–H groups in total. The van der Waals surface area contributed by atoms with Crippen molar-refractivity contribution in [2.24, 2.45) is 5.92 Å². The minimum Gasteiger partial charge on any atom is -0.494 e. The van der Waals surface area contributed by atoms with E-state index in [0.29, 0.717) is 0 Å². The van der Waals surface area contributed by atoms with E-state index in [1.54, 1.807) is 0 Å². The number of hydrogen-bond donors (Lipinski definition) is 0. The van der Waals surface area contributed by atoms with E-state index in [-0.39, 0.29) is 0 Å². The van der Waals surface area contributed by atoms with Crippen LogP contribution >= 0.6 is 5.47 Å². The largest absolute Gasteiger partial charge is 0.494 e. The third-order valence-electron chi connectivity index (χ3n) is 2.24. The molecule has 0 saturated heterocycles. The number of rotatable bonds is 6. The van der Waals surface area contributed by atoms with Gasteiger partial charge in [0, 0.05) is 10.8 Å². The molecule has 1 nitrogen and oxygen atoms in total. The topological polar surface area (TPSA) is 9.23 Å². The molecule has 0 aliphatic carbocycles. The summed E-state index contributed by atoms with van der Waals surface area (Å²) in [5, 5.41) is 1.06. The molecule has 0 aliphatic rings. The van der Waals surface area contributed by atoms with Gasteiger partial charge in [-0.2, -0.15) is 0 Å². The van der Waals surface area contributed by atoms with Crippen LogP contribution in [0.25, 0.3) is 0 Å². The second-order valence-corrected chi connectivity index (χ2v) is 8.05. The third-order valence-corrected chi connectivity index (χ3v) is 4.23. The van der Waals surface area contributed by atoms with Gasteiger partial charge in [0.1, 0.15) is 5.75 Å². The molecule has 1 aromatic carbocycles. The molecule has 0 fully saturated rings. The lowest BCUT2D eigenvalue weighted by Gasteiger charge is -2.07. The first kappa shape index (κ1) is 13.8. The average Bonchev–Trinajstić information content (AvgIpc) is 2.25. The smallest absolute Gasteiger partial charge is 0.119 e. The van der Waals surface area contributed by atoms with Crippen molar-refractivity contribution >= 4 is 34.4 Å². The predicted octanol–water partition coefficient (Wildman–Crippen LogP) is 3.53. The summed E-state index contributed by atoms with van der Waals surface area (Å²) in [7, 11) is 0. The van der Waals surface area contributed by atoms with Crippen LogP contribution in [0.15, 0.2) is 24.3 Å². The number of hydrogen-bond acceptors (Lipinski definition) is 3. The summed E-state index contributed by atoms with van der Waals surface area (Å²) in [5.74, 6) is 1.66. The highest BCUT2D eigenvalue weighted by molar-refractivity contribution is 8.27. The maximum atomic E-state index is 5.63. The average molecular weight is 272 g/mol. The van der Waals surface area contributed by atoms with Crippen LogP contribution in [0.4, 0.5) is 0 Å². The molecule has 4 heteroatoms. The molecular weight excluding hydrogens is 255 g/mol. The van der Waals surface area contributed by atoms with Crippen LogP contribution in [-0.2, 0) is 23.6 Å². The number of ether oxygens (including phenoxy) is 1. The van der Waals surface area contributed by atoms with Crippen LogP contribution in [0, 0.1) is 5.92 Å². The molecule has 0 aliphatic heterocycles.